The number of sulfonamides is 1. The minimum Gasteiger partial charge on any atom is -0.326 e. The van der Waals surface area contributed by atoms with Crippen molar-refractivity contribution in [1.29, 1.82) is 0 Å². The molecule has 0 saturated heterocycles. The normalized spacial score (nSPS) is 11.6. The fraction of sp³-hybridized carbons (Fsp3) is 0.286. The van der Waals surface area contributed by atoms with Gasteiger partial charge in [0.15, 0.2) is 0 Å². The summed E-state index contributed by atoms with van der Waals surface area (Å²) in [5, 5.41) is 0. The summed E-state index contributed by atoms with van der Waals surface area (Å²) >= 11 is 1.42. The molecule has 6 heteroatoms. The second kappa shape index (κ2) is 5.95. The van der Waals surface area contributed by atoms with Crippen molar-refractivity contribution < 1.29 is 8.42 Å². The van der Waals surface area contributed by atoms with Gasteiger partial charge in [-0.25, -0.2) is 8.42 Å². The summed E-state index contributed by atoms with van der Waals surface area (Å²) in [6.07, 6.45) is 0.773. The molecule has 0 unspecified atom stereocenters. The van der Waals surface area contributed by atoms with Crippen LogP contribution in [0.4, 0.5) is 5.69 Å². The summed E-state index contributed by atoms with van der Waals surface area (Å²) in [4.78, 5) is 1.94. The number of rotatable bonds is 5. The predicted molar refractivity (Wildman–Crippen MR) is 83.6 cm³/mol. The Labute approximate surface area is 123 Å². The van der Waals surface area contributed by atoms with Crippen molar-refractivity contribution in [2.45, 2.75) is 31.7 Å². The van der Waals surface area contributed by atoms with E-state index < -0.39 is 10.0 Å². The molecule has 1 aromatic heterocycles. The van der Waals surface area contributed by atoms with Crippen LogP contribution >= 0.6 is 11.3 Å². The van der Waals surface area contributed by atoms with Gasteiger partial charge >= 0.3 is 0 Å². The zero-order valence-corrected chi connectivity index (χ0v) is 13.1. The van der Waals surface area contributed by atoms with E-state index in [9.17, 15) is 8.42 Å². The molecule has 2 rings (SSSR count). The first-order chi connectivity index (χ1) is 9.47. The molecular weight excluding hydrogens is 292 g/mol. The highest BCUT2D eigenvalue weighted by Crippen LogP contribution is 2.28. The standard InChI is InChI=1S/C14H18N2O2S2/c1-3-11-6-4-5-7-13(11)16-20(17,18)14-8-12(9-15)19-10(14)2/h4-8,16H,3,9,15H2,1-2H3. The van der Waals surface area contributed by atoms with E-state index in [2.05, 4.69) is 4.72 Å². The highest BCUT2D eigenvalue weighted by Gasteiger charge is 2.20. The Morgan fingerprint density at radius 1 is 1.30 bits per heavy atom. The average Bonchev–Trinajstić information content (AvgIpc) is 2.81. The Balaban J connectivity index is 2.38. The highest BCUT2D eigenvalue weighted by molar-refractivity contribution is 7.93. The monoisotopic (exact) mass is 310 g/mol. The summed E-state index contributed by atoms with van der Waals surface area (Å²) in [6.45, 7) is 4.15. The van der Waals surface area contributed by atoms with Crippen LogP contribution in [0.25, 0.3) is 0 Å². The van der Waals surface area contributed by atoms with Crippen molar-refractivity contribution in [3.63, 3.8) is 0 Å². The lowest BCUT2D eigenvalue weighted by Crippen LogP contribution is -2.14. The van der Waals surface area contributed by atoms with Crippen molar-refractivity contribution in [1.82, 2.24) is 0 Å². The third-order valence-corrected chi connectivity index (χ3v) is 5.75. The molecule has 0 spiro atoms. The SMILES string of the molecule is CCc1ccccc1NS(=O)(=O)c1cc(CN)sc1C. The van der Waals surface area contributed by atoms with E-state index in [-0.39, 0.29) is 0 Å². The zero-order chi connectivity index (χ0) is 14.8. The minimum absolute atomic E-state index is 0.314. The first kappa shape index (κ1) is 15.0. The average molecular weight is 310 g/mol. The van der Waals surface area contributed by atoms with Gasteiger partial charge in [0.2, 0.25) is 0 Å². The molecule has 0 fully saturated rings. The van der Waals surface area contributed by atoms with E-state index in [1.165, 1.54) is 11.3 Å². The molecular formula is C14H18N2O2S2. The van der Waals surface area contributed by atoms with Crippen LogP contribution in [0.15, 0.2) is 35.2 Å². The molecule has 0 atom stereocenters. The molecule has 1 heterocycles. The van der Waals surface area contributed by atoms with Gasteiger partial charge in [-0.1, -0.05) is 25.1 Å². The first-order valence-electron chi connectivity index (χ1n) is 6.38. The van der Waals surface area contributed by atoms with E-state index in [4.69, 9.17) is 5.73 Å². The number of nitrogens with one attached hydrogen (secondary N) is 1. The maximum Gasteiger partial charge on any atom is 0.263 e. The van der Waals surface area contributed by atoms with Crippen molar-refractivity contribution >= 4 is 27.0 Å². The third-order valence-electron chi connectivity index (χ3n) is 3.06. The van der Waals surface area contributed by atoms with Crippen molar-refractivity contribution in [2.75, 3.05) is 4.72 Å². The maximum absolute atomic E-state index is 12.5. The third kappa shape index (κ3) is 3.03. The van der Waals surface area contributed by atoms with Crippen LogP contribution in [0.2, 0.25) is 0 Å². The molecule has 2 aromatic rings. The van der Waals surface area contributed by atoms with E-state index >= 15 is 0 Å². The van der Waals surface area contributed by atoms with Gasteiger partial charge in [0.25, 0.3) is 10.0 Å². The van der Waals surface area contributed by atoms with Crippen molar-refractivity contribution in [2.24, 2.45) is 5.73 Å². The van der Waals surface area contributed by atoms with E-state index in [0.29, 0.717) is 17.1 Å². The molecule has 108 valence electrons. The molecule has 20 heavy (non-hydrogen) atoms. The van der Waals surface area contributed by atoms with Gasteiger partial charge in [-0.2, -0.15) is 0 Å². The van der Waals surface area contributed by atoms with Crippen LogP contribution in [0.5, 0.6) is 0 Å². The molecule has 0 amide bonds. The lowest BCUT2D eigenvalue weighted by atomic mass is 10.1. The summed E-state index contributed by atoms with van der Waals surface area (Å²) in [6, 6.07) is 9.07. The summed E-state index contributed by atoms with van der Waals surface area (Å²) in [5.74, 6) is 0. The number of hydrogen-bond acceptors (Lipinski definition) is 4. The molecule has 0 aliphatic rings. The lowest BCUT2D eigenvalue weighted by molar-refractivity contribution is 0.601. The second-order valence-electron chi connectivity index (χ2n) is 4.45. The van der Waals surface area contributed by atoms with Gasteiger partial charge in [-0.15, -0.1) is 11.3 Å². The summed E-state index contributed by atoms with van der Waals surface area (Å²) in [7, 11) is -3.56. The topological polar surface area (TPSA) is 72.2 Å². The number of aryl methyl sites for hydroxylation is 2. The number of thiophene rings is 1. The number of para-hydroxylation sites is 1. The fourth-order valence-corrected chi connectivity index (χ4v) is 4.64. The first-order valence-corrected chi connectivity index (χ1v) is 8.68. The van der Waals surface area contributed by atoms with E-state index in [1.54, 1.807) is 19.1 Å². The maximum atomic E-state index is 12.5. The van der Waals surface area contributed by atoms with Crippen LogP contribution in [0, 0.1) is 6.92 Å². The number of anilines is 1. The number of nitrogens with two attached hydrogens (primary N) is 1. The van der Waals surface area contributed by atoms with Gasteiger partial charge in [0.1, 0.15) is 4.90 Å². The molecule has 0 saturated carbocycles. The number of hydrogen-bond donors (Lipinski definition) is 2. The zero-order valence-electron chi connectivity index (χ0n) is 11.5. The fourth-order valence-electron chi connectivity index (χ4n) is 2.02. The molecule has 0 aliphatic heterocycles. The Kier molecular flexibility index (Phi) is 4.47. The number of benzene rings is 1. The Morgan fingerprint density at radius 2 is 2.00 bits per heavy atom. The van der Waals surface area contributed by atoms with Gasteiger partial charge in [-0.05, 0) is 31.0 Å². The Hall–Kier alpha value is -1.37. The molecule has 0 aliphatic carbocycles. The highest BCUT2D eigenvalue weighted by atomic mass is 32.2. The summed E-state index contributed by atoms with van der Waals surface area (Å²) < 4.78 is 27.6. The summed E-state index contributed by atoms with van der Waals surface area (Å²) in [5.41, 5.74) is 7.18. The van der Waals surface area contributed by atoms with Crippen LogP contribution < -0.4 is 10.5 Å². The Morgan fingerprint density at radius 3 is 2.60 bits per heavy atom. The lowest BCUT2D eigenvalue weighted by Gasteiger charge is -2.11. The van der Waals surface area contributed by atoms with Crippen LogP contribution in [-0.4, -0.2) is 8.42 Å². The molecule has 3 N–H and O–H groups in total. The largest absolute Gasteiger partial charge is 0.326 e. The van der Waals surface area contributed by atoms with Crippen molar-refractivity contribution in [3.8, 4) is 0 Å². The van der Waals surface area contributed by atoms with Crippen LogP contribution in [-0.2, 0) is 23.0 Å². The smallest absolute Gasteiger partial charge is 0.263 e. The minimum atomic E-state index is -3.56. The molecule has 4 nitrogen and oxygen atoms in total. The predicted octanol–water partition coefficient (Wildman–Crippen LogP) is 2.88. The quantitative estimate of drug-likeness (QED) is 0.892. The van der Waals surface area contributed by atoms with Crippen LogP contribution in [0.3, 0.4) is 0 Å². The van der Waals surface area contributed by atoms with Crippen molar-refractivity contribution in [3.05, 3.63) is 45.6 Å². The van der Waals surface area contributed by atoms with E-state index in [1.807, 2.05) is 25.1 Å². The van der Waals surface area contributed by atoms with Crippen LogP contribution in [0.1, 0.15) is 22.2 Å². The molecule has 1 aromatic carbocycles. The molecule has 0 bridgehead atoms. The second-order valence-corrected chi connectivity index (χ2v) is 7.45. The van der Waals surface area contributed by atoms with Gasteiger partial charge < -0.3 is 5.73 Å². The van der Waals surface area contributed by atoms with Gasteiger partial charge in [0.05, 0.1) is 5.69 Å². The van der Waals surface area contributed by atoms with E-state index in [0.717, 1.165) is 21.7 Å². The molecule has 0 radical (unpaired) electrons. The Bertz CT molecular complexity index is 706. The van der Waals surface area contributed by atoms with Gasteiger partial charge in [0, 0.05) is 16.3 Å². The van der Waals surface area contributed by atoms with Gasteiger partial charge in [-0.3, -0.25) is 4.72 Å².